The summed E-state index contributed by atoms with van der Waals surface area (Å²) in [6, 6.07) is 8.31. The molecule has 17 heavy (non-hydrogen) atoms. The Bertz CT molecular complexity index is 359. The van der Waals surface area contributed by atoms with E-state index in [4.69, 9.17) is 4.74 Å². The largest absolute Gasteiger partial charge is 0.389 e. The number of ether oxygens (including phenoxy) is 1. The van der Waals surface area contributed by atoms with Crippen molar-refractivity contribution in [3.05, 3.63) is 29.8 Å². The van der Waals surface area contributed by atoms with Gasteiger partial charge < -0.3 is 15.2 Å². The molecule has 1 aliphatic rings. The lowest BCUT2D eigenvalue weighted by atomic mass is 9.99. The number of aliphatic hydroxyl groups is 1. The maximum absolute atomic E-state index is 9.72. The minimum Gasteiger partial charge on any atom is -0.389 e. The van der Waals surface area contributed by atoms with E-state index in [0.29, 0.717) is 12.0 Å². The molecule has 1 aliphatic heterocycles. The van der Waals surface area contributed by atoms with Gasteiger partial charge in [-0.2, -0.15) is 0 Å². The molecule has 2 N–H and O–H groups in total. The van der Waals surface area contributed by atoms with Gasteiger partial charge in [-0.05, 0) is 26.3 Å². The number of rotatable bonds is 4. The Labute approximate surface area is 103 Å². The first-order chi connectivity index (χ1) is 8.18. The summed E-state index contributed by atoms with van der Waals surface area (Å²) in [5.41, 5.74) is 1.99. The topological polar surface area (TPSA) is 41.5 Å². The summed E-state index contributed by atoms with van der Waals surface area (Å²) in [7, 11) is 0. The molecule has 0 spiro atoms. The molecule has 0 saturated carbocycles. The van der Waals surface area contributed by atoms with Gasteiger partial charge in [0.1, 0.15) is 0 Å². The van der Waals surface area contributed by atoms with Crippen molar-refractivity contribution in [3.63, 3.8) is 0 Å². The van der Waals surface area contributed by atoms with E-state index in [9.17, 15) is 5.11 Å². The Morgan fingerprint density at radius 2 is 2.12 bits per heavy atom. The summed E-state index contributed by atoms with van der Waals surface area (Å²) < 4.78 is 5.40. The van der Waals surface area contributed by atoms with Gasteiger partial charge in [0, 0.05) is 29.8 Å². The molecule has 0 amide bonds. The van der Waals surface area contributed by atoms with Crippen molar-refractivity contribution in [2.24, 2.45) is 5.92 Å². The van der Waals surface area contributed by atoms with Crippen LogP contribution in [0, 0.1) is 5.92 Å². The molecule has 94 valence electrons. The van der Waals surface area contributed by atoms with Crippen molar-refractivity contribution in [2.75, 3.05) is 18.5 Å². The van der Waals surface area contributed by atoms with E-state index in [-0.39, 0.29) is 0 Å². The highest BCUT2D eigenvalue weighted by atomic mass is 16.5. The van der Waals surface area contributed by atoms with E-state index < -0.39 is 6.10 Å². The average Bonchev–Trinajstić information content (AvgIpc) is 2.83. The number of hydrogen-bond donors (Lipinski definition) is 2. The maximum Gasteiger partial charge on any atom is 0.0781 e. The molecule has 1 fully saturated rings. The Hall–Kier alpha value is -1.06. The zero-order valence-corrected chi connectivity index (χ0v) is 10.5. The number of para-hydroxylation sites is 1. The molecule has 3 nitrogen and oxygen atoms in total. The van der Waals surface area contributed by atoms with Gasteiger partial charge in [-0.25, -0.2) is 0 Å². The van der Waals surface area contributed by atoms with Crippen molar-refractivity contribution in [1.82, 2.24) is 0 Å². The molecule has 0 aliphatic carbocycles. The molecular weight excluding hydrogens is 214 g/mol. The van der Waals surface area contributed by atoms with E-state index in [2.05, 4.69) is 12.2 Å². The summed E-state index contributed by atoms with van der Waals surface area (Å²) in [6.07, 6.45) is 0.677. The summed E-state index contributed by atoms with van der Waals surface area (Å²) in [4.78, 5) is 0. The zero-order valence-electron chi connectivity index (χ0n) is 10.5. The second kappa shape index (κ2) is 5.52. The predicted octanol–water partition coefficient (Wildman–Crippen LogP) is 2.58. The number of hydrogen-bond acceptors (Lipinski definition) is 3. The fourth-order valence-electron chi connectivity index (χ4n) is 2.30. The van der Waals surface area contributed by atoms with Crippen molar-refractivity contribution >= 4 is 5.69 Å². The number of anilines is 1. The number of aliphatic hydroxyl groups excluding tert-OH is 1. The van der Waals surface area contributed by atoms with Crippen LogP contribution in [0.1, 0.15) is 31.9 Å². The van der Waals surface area contributed by atoms with Crippen molar-refractivity contribution in [2.45, 2.75) is 32.4 Å². The normalized spacial score (nSPS) is 23.4. The highest BCUT2D eigenvalue weighted by Crippen LogP contribution is 2.26. The minimum atomic E-state index is -0.439. The maximum atomic E-state index is 9.72. The molecular formula is C14H21NO2. The molecule has 2 rings (SSSR count). The Morgan fingerprint density at radius 1 is 1.35 bits per heavy atom. The summed E-state index contributed by atoms with van der Waals surface area (Å²) in [5, 5.41) is 13.2. The Morgan fingerprint density at radius 3 is 2.76 bits per heavy atom. The summed E-state index contributed by atoms with van der Waals surface area (Å²) in [6.45, 7) is 5.68. The monoisotopic (exact) mass is 235 g/mol. The fourth-order valence-corrected chi connectivity index (χ4v) is 2.30. The second-order valence-corrected chi connectivity index (χ2v) is 4.82. The molecule has 1 aromatic carbocycles. The van der Waals surface area contributed by atoms with E-state index >= 15 is 0 Å². The number of benzene rings is 1. The lowest BCUT2D eigenvalue weighted by Crippen LogP contribution is -2.26. The SMILES string of the molecule is CC(O)c1ccccc1NC(C)C1CCOC1. The number of nitrogens with one attached hydrogen (secondary N) is 1. The van der Waals surface area contributed by atoms with E-state index in [0.717, 1.165) is 30.9 Å². The molecule has 1 aromatic rings. The van der Waals surface area contributed by atoms with Gasteiger partial charge in [0.15, 0.2) is 0 Å². The lowest BCUT2D eigenvalue weighted by Gasteiger charge is -2.23. The van der Waals surface area contributed by atoms with Crippen LogP contribution >= 0.6 is 0 Å². The molecule has 0 radical (unpaired) electrons. The van der Waals surface area contributed by atoms with Gasteiger partial charge in [0.2, 0.25) is 0 Å². The average molecular weight is 235 g/mol. The van der Waals surface area contributed by atoms with Crippen LogP contribution in [-0.2, 0) is 4.74 Å². The van der Waals surface area contributed by atoms with Gasteiger partial charge in [0.25, 0.3) is 0 Å². The van der Waals surface area contributed by atoms with Gasteiger partial charge in [-0.3, -0.25) is 0 Å². The van der Waals surface area contributed by atoms with Crippen LogP contribution in [0.4, 0.5) is 5.69 Å². The van der Waals surface area contributed by atoms with Crippen LogP contribution < -0.4 is 5.32 Å². The third kappa shape index (κ3) is 2.99. The van der Waals surface area contributed by atoms with Crippen LogP contribution in [0.5, 0.6) is 0 Å². The van der Waals surface area contributed by atoms with Crippen LogP contribution in [0.25, 0.3) is 0 Å². The summed E-state index contributed by atoms with van der Waals surface area (Å²) in [5.74, 6) is 0.567. The lowest BCUT2D eigenvalue weighted by molar-refractivity contribution is 0.183. The molecule has 1 saturated heterocycles. The van der Waals surface area contributed by atoms with Crippen LogP contribution in [0.2, 0.25) is 0 Å². The van der Waals surface area contributed by atoms with Gasteiger partial charge in [-0.1, -0.05) is 18.2 Å². The van der Waals surface area contributed by atoms with Crippen LogP contribution in [0.3, 0.4) is 0 Å². The quantitative estimate of drug-likeness (QED) is 0.842. The van der Waals surface area contributed by atoms with Gasteiger partial charge >= 0.3 is 0 Å². The molecule has 0 aromatic heterocycles. The predicted molar refractivity (Wildman–Crippen MR) is 69.1 cm³/mol. The van der Waals surface area contributed by atoms with E-state index in [1.165, 1.54) is 0 Å². The standard InChI is InChI=1S/C14H21NO2/c1-10(12-7-8-17-9-12)15-14-6-4-3-5-13(14)11(2)16/h3-6,10-12,15-16H,7-9H2,1-2H3. The van der Waals surface area contributed by atoms with Crippen LogP contribution in [0.15, 0.2) is 24.3 Å². The van der Waals surface area contributed by atoms with Crippen molar-refractivity contribution < 1.29 is 9.84 Å². The van der Waals surface area contributed by atoms with Crippen molar-refractivity contribution in [3.8, 4) is 0 Å². The molecule has 3 unspecified atom stereocenters. The minimum absolute atomic E-state index is 0.373. The molecule has 0 bridgehead atoms. The Kier molecular flexibility index (Phi) is 4.02. The van der Waals surface area contributed by atoms with Gasteiger partial charge in [-0.15, -0.1) is 0 Å². The molecule has 3 atom stereocenters. The van der Waals surface area contributed by atoms with Crippen molar-refractivity contribution in [1.29, 1.82) is 0 Å². The third-order valence-electron chi connectivity index (χ3n) is 3.47. The summed E-state index contributed by atoms with van der Waals surface area (Å²) >= 11 is 0. The molecule has 1 heterocycles. The molecule has 3 heteroatoms. The van der Waals surface area contributed by atoms with E-state index in [1.807, 2.05) is 24.3 Å². The van der Waals surface area contributed by atoms with Gasteiger partial charge in [0.05, 0.1) is 12.7 Å². The third-order valence-corrected chi connectivity index (χ3v) is 3.47. The fraction of sp³-hybridized carbons (Fsp3) is 0.571. The van der Waals surface area contributed by atoms with Crippen LogP contribution in [-0.4, -0.2) is 24.4 Å². The Balaban J connectivity index is 2.06. The highest BCUT2D eigenvalue weighted by molar-refractivity contribution is 5.52. The second-order valence-electron chi connectivity index (χ2n) is 4.82. The van der Waals surface area contributed by atoms with E-state index in [1.54, 1.807) is 6.92 Å². The first kappa shape index (κ1) is 12.4. The smallest absolute Gasteiger partial charge is 0.0781 e. The first-order valence-corrected chi connectivity index (χ1v) is 6.29. The first-order valence-electron chi connectivity index (χ1n) is 6.29. The highest BCUT2D eigenvalue weighted by Gasteiger charge is 2.22. The zero-order chi connectivity index (χ0) is 12.3.